The summed E-state index contributed by atoms with van der Waals surface area (Å²) in [4.78, 5) is 27.2. The Morgan fingerprint density at radius 2 is 2.12 bits per heavy atom. The van der Waals surface area contributed by atoms with Gasteiger partial charge in [0, 0.05) is 11.3 Å². The number of nitrogens with zero attached hydrogens (tertiary/aromatic N) is 1. The van der Waals surface area contributed by atoms with Gasteiger partial charge in [-0.1, -0.05) is 46.1 Å². The van der Waals surface area contributed by atoms with Gasteiger partial charge < -0.3 is 9.64 Å². The maximum atomic E-state index is 13.6. The topological polar surface area (TPSA) is 46.6 Å². The van der Waals surface area contributed by atoms with E-state index in [0.717, 1.165) is 25.7 Å². The number of hydrogen-bond donors (Lipinski definition) is 0. The van der Waals surface area contributed by atoms with Gasteiger partial charge in [0.2, 0.25) is 0 Å². The molecule has 1 aromatic rings. The zero-order chi connectivity index (χ0) is 19.1. The lowest BCUT2D eigenvalue weighted by Crippen LogP contribution is -2.46. The maximum absolute atomic E-state index is 13.6. The van der Waals surface area contributed by atoms with Gasteiger partial charge in [-0.05, 0) is 30.5 Å². The molecule has 6 heteroatoms. The second-order valence-electron chi connectivity index (χ2n) is 7.05. The molecule has 0 radical (unpaired) electrons. The summed E-state index contributed by atoms with van der Waals surface area (Å²) < 4.78 is 18.9. The van der Waals surface area contributed by atoms with Gasteiger partial charge in [-0.3, -0.25) is 4.79 Å². The number of esters is 1. The van der Waals surface area contributed by atoms with E-state index in [2.05, 4.69) is 6.92 Å². The van der Waals surface area contributed by atoms with Crippen LogP contribution >= 0.6 is 11.8 Å². The third-order valence-corrected chi connectivity index (χ3v) is 5.64. The number of hydrogen-bond acceptors (Lipinski definition) is 4. The summed E-state index contributed by atoms with van der Waals surface area (Å²) in [7, 11) is 0. The van der Waals surface area contributed by atoms with E-state index in [0.29, 0.717) is 12.4 Å². The van der Waals surface area contributed by atoms with E-state index in [4.69, 9.17) is 4.74 Å². The van der Waals surface area contributed by atoms with Crippen molar-refractivity contribution in [3.63, 3.8) is 0 Å². The summed E-state index contributed by atoms with van der Waals surface area (Å²) >= 11 is 1.61. The van der Waals surface area contributed by atoms with Crippen molar-refractivity contribution in [1.29, 1.82) is 0 Å². The number of unbranched alkanes of at least 4 members (excludes halogenated alkanes) is 2. The van der Waals surface area contributed by atoms with Crippen molar-refractivity contribution in [3.05, 3.63) is 35.6 Å². The Labute approximate surface area is 159 Å². The fourth-order valence-corrected chi connectivity index (χ4v) is 4.36. The maximum Gasteiger partial charge on any atom is 0.329 e. The second kappa shape index (κ2) is 9.95. The van der Waals surface area contributed by atoms with Gasteiger partial charge in [0.25, 0.3) is 5.91 Å². The molecule has 26 heavy (non-hydrogen) atoms. The molecule has 1 aromatic carbocycles. The van der Waals surface area contributed by atoms with Gasteiger partial charge in [-0.25, -0.2) is 9.18 Å². The van der Waals surface area contributed by atoms with Crippen LogP contribution in [0.2, 0.25) is 0 Å². The number of thioether (sulfide) groups is 1. The average molecular weight is 382 g/mol. The third-order valence-electron chi connectivity index (χ3n) is 4.28. The van der Waals surface area contributed by atoms with E-state index in [1.165, 1.54) is 18.2 Å². The summed E-state index contributed by atoms with van der Waals surface area (Å²) in [6.45, 7) is 6.41. The lowest BCUT2D eigenvalue weighted by molar-refractivity contribution is -0.149. The highest BCUT2D eigenvalue weighted by Crippen LogP contribution is 2.34. The van der Waals surface area contributed by atoms with Crippen LogP contribution in [-0.2, 0) is 9.53 Å². The molecular weight excluding hydrogens is 353 g/mol. The molecule has 0 saturated carbocycles. The van der Waals surface area contributed by atoms with Crippen molar-refractivity contribution in [2.24, 2.45) is 5.92 Å². The lowest BCUT2D eigenvalue weighted by Gasteiger charge is -2.28. The predicted molar refractivity (Wildman–Crippen MR) is 103 cm³/mol. The first-order chi connectivity index (χ1) is 12.4. The highest BCUT2D eigenvalue weighted by molar-refractivity contribution is 8.00. The number of halogens is 1. The molecule has 0 aromatic heterocycles. The zero-order valence-corrected chi connectivity index (χ0v) is 16.6. The van der Waals surface area contributed by atoms with E-state index in [-0.39, 0.29) is 28.7 Å². The number of ether oxygens (including phenoxy) is 1. The van der Waals surface area contributed by atoms with Crippen LogP contribution in [0.25, 0.3) is 0 Å². The van der Waals surface area contributed by atoms with Crippen molar-refractivity contribution in [3.8, 4) is 0 Å². The van der Waals surface area contributed by atoms with E-state index in [9.17, 15) is 14.0 Å². The number of amides is 1. The molecule has 1 fully saturated rings. The Balaban J connectivity index is 2.18. The summed E-state index contributed by atoms with van der Waals surface area (Å²) in [6, 6.07) is 5.03. The minimum Gasteiger partial charge on any atom is -0.464 e. The standard InChI is InChI=1S/C20H28FNO3S/c1-4-5-6-10-18-22(19(23)15-8-7-9-16(21)11-15)17(13-26-18)20(24)25-12-14(2)3/h7-9,11,14,17-18H,4-6,10,12-13H2,1-3H3. The number of carbonyl (C=O) groups is 2. The van der Waals surface area contributed by atoms with Gasteiger partial charge >= 0.3 is 5.97 Å². The molecule has 2 rings (SSSR count). The average Bonchev–Trinajstić information content (AvgIpc) is 3.03. The van der Waals surface area contributed by atoms with Crippen LogP contribution in [0.1, 0.15) is 56.8 Å². The van der Waals surface area contributed by atoms with Gasteiger partial charge in [0.15, 0.2) is 0 Å². The first kappa shape index (κ1) is 20.7. The molecule has 0 spiro atoms. The van der Waals surface area contributed by atoms with Crippen LogP contribution in [0.3, 0.4) is 0 Å². The summed E-state index contributed by atoms with van der Waals surface area (Å²) in [6.07, 6.45) is 4.00. The van der Waals surface area contributed by atoms with Crippen molar-refractivity contribution >= 4 is 23.6 Å². The molecule has 1 heterocycles. The molecule has 0 N–H and O–H groups in total. The Kier molecular flexibility index (Phi) is 7.94. The molecule has 1 aliphatic heterocycles. The molecule has 0 bridgehead atoms. The van der Waals surface area contributed by atoms with Gasteiger partial charge in [0.05, 0.1) is 12.0 Å². The zero-order valence-electron chi connectivity index (χ0n) is 15.7. The lowest BCUT2D eigenvalue weighted by atomic mass is 10.1. The smallest absolute Gasteiger partial charge is 0.329 e. The van der Waals surface area contributed by atoms with Gasteiger partial charge in [-0.2, -0.15) is 0 Å². The highest BCUT2D eigenvalue weighted by Gasteiger charge is 2.42. The largest absolute Gasteiger partial charge is 0.464 e. The Morgan fingerprint density at radius 3 is 2.77 bits per heavy atom. The SMILES string of the molecule is CCCCCC1SCC(C(=O)OCC(C)C)N1C(=O)c1cccc(F)c1. The first-order valence-electron chi connectivity index (χ1n) is 9.30. The number of benzene rings is 1. The van der Waals surface area contributed by atoms with Crippen molar-refractivity contribution < 1.29 is 18.7 Å². The summed E-state index contributed by atoms with van der Waals surface area (Å²) in [5, 5.41) is -0.0751. The van der Waals surface area contributed by atoms with Crippen LogP contribution in [0, 0.1) is 11.7 Å². The molecule has 2 atom stereocenters. The molecule has 1 saturated heterocycles. The van der Waals surface area contributed by atoms with Crippen LogP contribution in [-0.4, -0.2) is 40.6 Å². The Morgan fingerprint density at radius 1 is 1.35 bits per heavy atom. The minimum absolute atomic E-state index is 0.0751. The van der Waals surface area contributed by atoms with Gasteiger partial charge in [0.1, 0.15) is 11.9 Å². The second-order valence-corrected chi connectivity index (χ2v) is 8.26. The van der Waals surface area contributed by atoms with E-state index in [1.807, 2.05) is 13.8 Å². The molecule has 0 aliphatic carbocycles. The van der Waals surface area contributed by atoms with Gasteiger partial charge in [-0.15, -0.1) is 11.8 Å². The first-order valence-corrected chi connectivity index (χ1v) is 10.3. The monoisotopic (exact) mass is 381 g/mol. The van der Waals surface area contributed by atoms with E-state index in [1.54, 1.807) is 22.7 Å². The van der Waals surface area contributed by atoms with Crippen LogP contribution < -0.4 is 0 Å². The summed E-state index contributed by atoms with van der Waals surface area (Å²) in [5.74, 6) is -0.365. The fourth-order valence-electron chi connectivity index (χ4n) is 2.92. The number of rotatable bonds is 8. The molecular formula is C20H28FNO3S. The van der Waals surface area contributed by atoms with Crippen LogP contribution in [0.4, 0.5) is 4.39 Å². The molecule has 1 amide bonds. The normalized spacial score (nSPS) is 19.8. The van der Waals surface area contributed by atoms with Crippen molar-refractivity contribution in [2.45, 2.75) is 57.9 Å². The third kappa shape index (κ3) is 5.47. The molecule has 144 valence electrons. The molecule has 4 nitrogen and oxygen atoms in total. The highest BCUT2D eigenvalue weighted by atomic mass is 32.2. The van der Waals surface area contributed by atoms with E-state index < -0.39 is 11.9 Å². The van der Waals surface area contributed by atoms with Crippen molar-refractivity contribution in [1.82, 2.24) is 4.90 Å². The Hall–Kier alpha value is -1.56. The van der Waals surface area contributed by atoms with Crippen LogP contribution in [0.5, 0.6) is 0 Å². The predicted octanol–water partition coefficient (Wildman–Crippen LogP) is 4.49. The van der Waals surface area contributed by atoms with Crippen LogP contribution in [0.15, 0.2) is 24.3 Å². The number of carbonyl (C=O) groups excluding carboxylic acids is 2. The summed E-state index contributed by atoms with van der Waals surface area (Å²) in [5.41, 5.74) is 0.273. The Bertz CT molecular complexity index is 623. The van der Waals surface area contributed by atoms with E-state index >= 15 is 0 Å². The quantitative estimate of drug-likeness (QED) is 0.492. The van der Waals surface area contributed by atoms with Crippen molar-refractivity contribution in [2.75, 3.05) is 12.4 Å². The fraction of sp³-hybridized carbons (Fsp3) is 0.600. The minimum atomic E-state index is -0.610. The molecule has 1 aliphatic rings. The molecule has 2 unspecified atom stereocenters.